The zero-order valence-corrected chi connectivity index (χ0v) is 41.0. The molecule has 366 valence electrons. The summed E-state index contributed by atoms with van der Waals surface area (Å²) in [7, 11) is 2.88. The second-order valence-corrected chi connectivity index (χ2v) is 18.1. The van der Waals surface area contributed by atoms with Crippen molar-refractivity contribution in [3.8, 4) is 17.2 Å². The van der Waals surface area contributed by atoms with E-state index in [1.54, 1.807) is 71.0 Å². The first kappa shape index (κ1) is 51.8. The number of halogens is 1. The van der Waals surface area contributed by atoms with E-state index in [1.807, 2.05) is 0 Å². The van der Waals surface area contributed by atoms with Crippen LogP contribution >= 0.6 is 11.6 Å². The molecule has 9 atom stereocenters. The smallest absolute Gasteiger partial charge is 0.343 e. The minimum atomic E-state index is -2.21. The van der Waals surface area contributed by atoms with Gasteiger partial charge in [0.25, 0.3) is 11.7 Å². The molecule has 7 rings (SSSR count). The molecule has 0 unspecified atom stereocenters. The largest absolute Gasteiger partial charge is 0.497 e. The van der Waals surface area contributed by atoms with E-state index in [1.165, 1.54) is 72.3 Å². The van der Waals surface area contributed by atoms with Crippen molar-refractivity contribution in [1.29, 1.82) is 0 Å². The highest BCUT2D eigenvalue weighted by Crippen LogP contribution is 2.49. The Labute approximate surface area is 405 Å². The monoisotopic (exact) mass is 968 g/mol. The number of esters is 2. The van der Waals surface area contributed by atoms with Gasteiger partial charge < -0.3 is 49.3 Å². The molecule has 0 saturated carbocycles. The van der Waals surface area contributed by atoms with Gasteiger partial charge in [0.05, 0.1) is 53.9 Å². The molecule has 0 saturated heterocycles. The number of aryl methyl sites for hydroxylation is 1. The first-order chi connectivity index (χ1) is 32.5. The minimum Gasteiger partial charge on any atom is -0.497 e. The summed E-state index contributed by atoms with van der Waals surface area (Å²) in [6, 6.07) is 10.8. The topological polar surface area (TPSA) is 222 Å². The van der Waals surface area contributed by atoms with Crippen molar-refractivity contribution in [3.05, 3.63) is 128 Å². The molecule has 1 aliphatic carbocycles. The van der Waals surface area contributed by atoms with Crippen molar-refractivity contribution in [1.82, 2.24) is 5.32 Å². The van der Waals surface area contributed by atoms with Gasteiger partial charge in [0, 0.05) is 66.5 Å². The molecule has 1 amide bonds. The number of amides is 1. The quantitative estimate of drug-likeness (QED) is 0.133. The number of aliphatic hydroxyl groups is 2. The van der Waals surface area contributed by atoms with Crippen LogP contribution in [0.25, 0.3) is 0 Å². The Kier molecular flexibility index (Phi) is 15.7. The second kappa shape index (κ2) is 21.0. The fourth-order valence-corrected chi connectivity index (χ4v) is 8.80. The standard InChI is InChI=1S/C52H57ClN2O14/c1-24-15-16-32(23-35(24)53)51(63)68-47-30(7)48-39-37-38(47)45(60)41(40(44(37)59)54-33-17-19-34(64-10)20-18-33)55-50(62)26(3)14-12-13-25(2)42(57)28(5)43(58)29(6)46(67-31(8)56)27(4)36(65-11)21-22-66-52(9,69-48)49(39)61/h12-23,25,27-29,36,42-43,46,54,57-58H,1-11H3,(H,55,62)/b13-12?,22-21-,26-14-/t25-,27+,28+,29-,36-,42-,43-,46+,52-/m0/s1. The van der Waals surface area contributed by atoms with Crippen LogP contribution in [0.3, 0.4) is 0 Å². The molecular weight excluding hydrogens is 912 g/mol. The van der Waals surface area contributed by atoms with Crippen molar-refractivity contribution in [2.45, 2.75) is 92.5 Å². The zero-order chi connectivity index (χ0) is 50.8. The number of ketones is 3. The number of allylic oxidation sites excluding steroid dienone is 4. The summed E-state index contributed by atoms with van der Waals surface area (Å²) < 4.78 is 35.2. The van der Waals surface area contributed by atoms with Crippen LogP contribution in [0, 0.1) is 37.5 Å². The summed E-state index contributed by atoms with van der Waals surface area (Å²) >= 11 is 6.38. The van der Waals surface area contributed by atoms with E-state index in [2.05, 4.69) is 10.6 Å². The maximum Gasteiger partial charge on any atom is 0.343 e. The zero-order valence-electron chi connectivity index (χ0n) is 40.2. The number of benzene rings is 3. The maximum atomic E-state index is 15.3. The van der Waals surface area contributed by atoms with Gasteiger partial charge in [-0.1, -0.05) is 63.6 Å². The van der Waals surface area contributed by atoms with Gasteiger partial charge >= 0.3 is 17.7 Å². The van der Waals surface area contributed by atoms with Crippen LogP contribution in [0.2, 0.25) is 5.02 Å². The van der Waals surface area contributed by atoms with Gasteiger partial charge in [0.2, 0.25) is 11.6 Å². The number of methoxy groups -OCH3 is 2. The molecule has 3 heterocycles. The van der Waals surface area contributed by atoms with Crippen molar-refractivity contribution < 1.29 is 67.4 Å². The summed E-state index contributed by atoms with van der Waals surface area (Å²) in [4.78, 5) is 85.9. The number of ether oxygens (including phenoxy) is 6. The lowest BCUT2D eigenvalue weighted by atomic mass is 9.78. The first-order valence-electron chi connectivity index (χ1n) is 22.3. The van der Waals surface area contributed by atoms with Gasteiger partial charge in [-0.25, -0.2) is 4.79 Å². The average molecular weight is 969 g/mol. The fraction of sp³-hybridized carbons (Fsp3) is 0.385. The molecule has 0 radical (unpaired) electrons. The number of fused-ring (bicyclic) bond motifs is 14. The van der Waals surface area contributed by atoms with Gasteiger partial charge in [-0.2, -0.15) is 0 Å². The van der Waals surface area contributed by atoms with Crippen molar-refractivity contribution >= 4 is 52.5 Å². The Morgan fingerprint density at radius 1 is 0.855 bits per heavy atom. The number of aliphatic hydroxyl groups excluding tert-OH is 2. The molecule has 0 fully saturated rings. The Hall–Kier alpha value is -6.59. The number of Topliss-reactive ketones (excluding diaryl/α,β-unsaturated/α-hetero) is 3. The van der Waals surface area contributed by atoms with Crippen LogP contribution in [0.5, 0.6) is 17.2 Å². The number of hydrogen-bond donors (Lipinski definition) is 4. The van der Waals surface area contributed by atoms with Crippen LogP contribution in [-0.4, -0.2) is 89.8 Å². The van der Waals surface area contributed by atoms with E-state index in [4.69, 9.17) is 40.0 Å². The third-order valence-electron chi connectivity index (χ3n) is 12.9. The van der Waals surface area contributed by atoms with Gasteiger partial charge in [-0.15, -0.1) is 0 Å². The molecule has 3 aromatic carbocycles. The number of nitrogens with one attached hydrogen (secondary N) is 2. The summed E-state index contributed by atoms with van der Waals surface area (Å²) in [6.07, 6.45) is 3.08. The molecule has 0 aromatic heterocycles. The molecule has 3 aliphatic heterocycles. The fourth-order valence-electron chi connectivity index (χ4n) is 8.62. The molecule has 4 N–H and O–H groups in total. The van der Waals surface area contributed by atoms with Gasteiger partial charge in [0.15, 0.2) is 0 Å². The Bertz CT molecular complexity index is 2700. The predicted octanol–water partition coefficient (Wildman–Crippen LogP) is 7.55. The summed E-state index contributed by atoms with van der Waals surface area (Å²) in [5, 5.41) is 28.9. The lowest BCUT2D eigenvalue weighted by Gasteiger charge is -2.38. The first-order valence-corrected chi connectivity index (χ1v) is 22.7. The SMILES string of the molecule is COc1ccc(NC2=C3NC(=O)/C(C)=C\C=C[C@H](C)[C@H](O)[C@@H](C)[C@H](O)[C@H](C)[C@H](OC(C)=O)[C@H](C)[C@@H](OC)/C=C\O[C@@]4(C)Oc5c(C)c(OC(=O)c6ccc(C)c(Cl)c6)c(c(c5C4=O)C2=O)C3=O)cc1. The second-order valence-electron chi connectivity index (χ2n) is 17.7. The molecule has 17 heteroatoms. The molecule has 3 aromatic rings. The van der Waals surface area contributed by atoms with Gasteiger partial charge in [-0.3, -0.25) is 24.0 Å². The Morgan fingerprint density at radius 3 is 2.16 bits per heavy atom. The summed E-state index contributed by atoms with van der Waals surface area (Å²) in [5.41, 5.74) is -1.33. The van der Waals surface area contributed by atoms with E-state index in [-0.39, 0.29) is 38.7 Å². The Balaban J connectivity index is 1.58. The highest BCUT2D eigenvalue weighted by Gasteiger charge is 2.53. The van der Waals surface area contributed by atoms with Gasteiger partial charge in [-0.05, 0) is 68.8 Å². The molecule has 5 bridgehead atoms. The van der Waals surface area contributed by atoms with E-state index in [0.717, 1.165) is 6.26 Å². The van der Waals surface area contributed by atoms with Crippen LogP contribution in [0.15, 0.2) is 90.0 Å². The van der Waals surface area contributed by atoms with Crippen LogP contribution in [0.4, 0.5) is 5.69 Å². The lowest BCUT2D eigenvalue weighted by Crippen LogP contribution is -2.46. The molecule has 4 aliphatic rings. The number of carbonyl (C=O) groups excluding carboxylic acids is 6. The van der Waals surface area contributed by atoms with E-state index >= 15 is 9.59 Å². The number of carbonyl (C=O) groups is 6. The molecular formula is C52H57ClN2O14. The molecule has 16 nitrogen and oxygen atoms in total. The number of anilines is 1. The minimum absolute atomic E-state index is 0.00249. The Morgan fingerprint density at radius 2 is 1.54 bits per heavy atom. The van der Waals surface area contributed by atoms with Crippen molar-refractivity contribution in [2.24, 2.45) is 23.7 Å². The summed E-state index contributed by atoms with van der Waals surface area (Å²) in [5.74, 6) is -10.3. The predicted molar refractivity (Wildman–Crippen MR) is 254 cm³/mol. The van der Waals surface area contributed by atoms with E-state index in [0.29, 0.717) is 11.3 Å². The summed E-state index contributed by atoms with van der Waals surface area (Å²) in [6.45, 7) is 14.0. The van der Waals surface area contributed by atoms with Crippen molar-refractivity contribution in [2.75, 3.05) is 19.5 Å². The third-order valence-corrected chi connectivity index (χ3v) is 13.3. The molecule has 69 heavy (non-hydrogen) atoms. The lowest BCUT2D eigenvalue weighted by molar-refractivity contribution is -0.160. The van der Waals surface area contributed by atoms with Crippen molar-refractivity contribution in [3.63, 3.8) is 0 Å². The number of rotatable bonds is 7. The highest BCUT2D eigenvalue weighted by molar-refractivity contribution is 6.34. The average Bonchev–Trinajstić information content (AvgIpc) is 3.59. The maximum absolute atomic E-state index is 15.3. The highest BCUT2D eigenvalue weighted by atomic mass is 35.5. The number of hydrogen-bond acceptors (Lipinski definition) is 15. The molecule has 0 spiro atoms. The van der Waals surface area contributed by atoms with Crippen LogP contribution < -0.4 is 24.8 Å². The van der Waals surface area contributed by atoms with Crippen LogP contribution in [-0.2, 0) is 23.8 Å². The van der Waals surface area contributed by atoms with E-state index < -0.39 is 117 Å². The normalized spacial score (nSPS) is 27.7. The van der Waals surface area contributed by atoms with Gasteiger partial charge in [0.1, 0.15) is 34.7 Å². The third kappa shape index (κ3) is 10.4. The van der Waals surface area contributed by atoms with Crippen LogP contribution in [0.1, 0.15) is 101 Å². The van der Waals surface area contributed by atoms with E-state index in [9.17, 15) is 29.4 Å².